The van der Waals surface area contributed by atoms with E-state index in [1.54, 1.807) is 0 Å². The molecule has 3 aliphatic rings. The lowest BCUT2D eigenvalue weighted by Crippen LogP contribution is -2.29. The van der Waals surface area contributed by atoms with Crippen molar-refractivity contribution >= 4 is 30.8 Å². The van der Waals surface area contributed by atoms with Gasteiger partial charge in [0.1, 0.15) is 42.4 Å². The van der Waals surface area contributed by atoms with Crippen LogP contribution in [0.25, 0.3) is 22.6 Å². The number of aliphatic hydroxyl groups excluding tert-OH is 2. The molecule has 3 aliphatic heterocycles. The molecule has 6 rings (SSSR count). The number of aromatic amines is 1. The molecular formula is C19H23N8O10P. The van der Waals surface area contributed by atoms with Crippen molar-refractivity contribution in [3.05, 3.63) is 27.0 Å². The van der Waals surface area contributed by atoms with E-state index in [9.17, 15) is 29.3 Å². The fourth-order valence-corrected chi connectivity index (χ4v) is 5.82. The zero-order valence-corrected chi connectivity index (χ0v) is 20.3. The number of anilines is 2. The third-order valence-corrected chi connectivity index (χ3v) is 7.64. The molecule has 2 fully saturated rings. The molecule has 0 saturated carbocycles. The van der Waals surface area contributed by atoms with Gasteiger partial charge in [0.15, 0.2) is 11.2 Å². The number of imidazole rings is 1. The van der Waals surface area contributed by atoms with Gasteiger partial charge < -0.3 is 36.0 Å². The summed E-state index contributed by atoms with van der Waals surface area (Å²) in [5.41, 5.74) is 10.4. The highest BCUT2D eigenvalue weighted by atomic mass is 31.2. The summed E-state index contributed by atoms with van der Waals surface area (Å²) >= 11 is 0. The number of aromatic nitrogens is 6. The number of phosphoric ester groups is 1. The predicted octanol–water partition coefficient (Wildman–Crippen LogP) is -2.05. The van der Waals surface area contributed by atoms with E-state index in [-0.39, 0.29) is 47.2 Å². The Morgan fingerprint density at radius 3 is 2.68 bits per heavy atom. The third-order valence-electron chi connectivity index (χ3n) is 6.62. The second-order valence-electron chi connectivity index (χ2n) is 9.05. The van der Waals surface area contributed by atoms with Gasteiger partial charge in [0.2, 0.25) is 5.95 Å². The van der Waals surface area contributed by atoms with Crippen molar-refractivity contribution in [2.75, 3.05) is 24.7 Å². The van der Waals surface area contributed by atoms with Crippen molar-refractivity contribution in [1.29, 1.82) is 0 Å². The van der Waals surface area contributed by atoms with Crippen molar-refractivity contribution < 1.29 is 38.2 Å². The van der Waals surface area contributed by atoms with Gasteiger partial charge in [-0.15, -0.1) is 0 Å². The topological polar surface area (TPSA) is 265 Å². The Balaban J connectivity index is 1.60. The first-order valence-corrected chi connectivity index (χ1v) is 13.0. The largest absolute Gasteiger partial charge is 0.472 e. The van der Waals surface area contributed by atoms with Crippen LogP contribution in [0, 0.1) is 0 Å². The molecule has 1 unspecified atom stereocenters. The first kappa shape index (κ1) is 25.1. The lowest BCUT2D eigenvalue weighted by Gasteiger charge is -2.22. The van der Waals surface area contributed by atoms with Crippen molar-refractivity contribution in [1.82, 2.24) is 29.1 Å². The molecule has 8 N–H and O–H groups in total. The van der Waals surface area contributed by atoms with Crippen molar-refractivity contribution in [3.63, 3.8) is 0 Å². The maximum atomic E-state index is 12.8. The molecule has 0 spiro atoms. The van der Waals surface area contributed by atoms with Gasteiger partial charge in [0, 0.05) is 19.0 Å². The average molecular weight is 554 g/mol. The number of hydrogen-bond acceptors (Lipinski definition) is 14. The average Bonchev–Trinajstić information content (AvgIpc) is 3.52. The Bertz CT molecular complexity index is 1590. The molecule has 0 aliphatic carbocycles. The van der Waals surface area contributed by atoms with E-state index in [4.69, 9.17) is 30.0 Å². The first-order valence-electron chi connectivity index (χ1n) is 11.5. The van der Waals surface area contributed by atoms with Gasteiger partial charge in [-0.25, -0.2) is 14.3 Å². The summed E-state index contributed by atoms with van der Waals surface area (Å²) in [5, 5.41) is 20.4. The molecule has 38 heavy (non-hydrogen) atoms. The second-order valence-corrected chi connectivity index (χ2v) is 10.5. The van der Waals surface area contributed by atoms with Crippen LogP contribution in [0.15, 0.2) is 15.8 Å². The van der Waals surface area contributed by atoms with Gasteiger partial charge in [0.05, 0.1) is 24.9 Å². The number of nitrogen functional groups attached to an aromatic ring is 2. The third kappa shape index (κ3) is 4.11. The van der Waals surface area contributed by atoms with Crippen LogP contribution in [0.1, 0.15) is 25.3 Å². The Kier molecular flexibility index (Phi) is 5.89. The predicted molar refractivity (Wildman–Crippen MR) is 125 cm³/mol. The molecule has 18 nitrogen and oxygen atoms in total. The van der Waals surface area contributed by atoms with Gasteiger partial charge in [-0.1, -0.05) is 0 Å². The van der Waals surface area contributed by atoms with E-state index in [0.717, 1.165) is 4.57 Å². The number of rotatable bonds is 1. The normalized spacial score (nSPS) is 33.1. The molecule has 7 atom stereocenters. The number of fused-ring (bicyclic) bond motifs is 12. The molecular weight excluding hydrogens is 531 g/mol. The molecule has 0 amide bonds. The smallest absolute Gasteiger partial charge is 0.394 e. The lowest BCUT2D eigenvalue weighted by atomic mass is 10.2. The summed E-state index contributed by atoms with van der Waals surface area (Å²) in [6.07, 6.45) is -5.49. The first-order chi connectivity index (χ1) is 18.0. The minimum Gasteiger partial charge on any atom is -0.394 e. The number of phosphoric acid groups is 1. The molecule has 204 valence electrons. The maximum Gasteiger partial charge on any atom is 0.472 e. The SMILES string of the molecule is Nc1nc2c(nc3n2[C@H]2C[C@H](O)[C@@H](COP(=O)(O)O[C@H]4C[C@@H](O[C@@H]4CO)n4cc-3c(N)nc4=O)O2)c(=O)[nH]1. The van der Waals surface area contributed by atoms with Gasteiger partial charge in [-0.05, 0) is 0 Å². The van der Waals surface area contributed by atoms with E-state index in [2.05, 4.69) is 19.9 Å². The minimum absolute atomic E-state index is 0.00447. The van der Waals surface area contributed by atoms with Gasteiger partial charge >= 0.3 is 13.5 Å². The highest BCUT2D eigenvalue weighted by Crippen LogP contribution is 2.49. The molecule has 6 bridgehead atoms. The van der Waals surface area contributed by atoms with Crippen molar-refractivity contribution in [2.24, 2.45) is 0 Å². The summed E-state index contributed by atoms with van der Waals surface area (Å²) in [6, 6.07) is 0. The molecule has 3 aromatic rings. The highest BCUT2D eigenvalue weighted by molar-refractivity contribution is 7.47. The molecule has 19 heteroatoms. The molecule has 3 aromatic heterocycles. The molecule has 0 aromatic carbocycles. The van der Waals surface area contributed by atoms with Crippen LogP contribution in [-0.2, 0) is 23.1 Å². The van der Waals surface area contributed by atoms with Crippen LogP contribution >= 0.6 is 7.82 Å². The zero-order valence-electron chi connectivity index (χ0n) is 19.4. The highest BCUT2D eigenvalue weighted by Gasteiger charge is 2.44. The van der Waals surface area contributed by atoms with Crippen LogP contribution in [0.2, 0.25) is 0 Å². The summed E-state index contributed by atoms with van der Waals surface area (Å²) in [7, 11) is -4.73. The Labute approximate surface area is 211 Å². The summed E-state index contributed by atoms with van der Waals surface area (Å²) in [4.78, 5) is 50.6. The lowest BCUT2D eigenvalue weighted by molar-refractivity contribution is -0.0565. The van der Waals surface area contributed by atoms with Gasteiger partial charge in [-0.2, -0.15) is 9.97 Å². The fraction of sp³-hybridized carbons (Fsp3) is 0.526. The van der Waals surface area contributed by atoms with Gasteiger partial charge in [0.25, 0.3) is 5.56 Å². The maximum absolute atomic E-state index is 12.8. The van der Waals surface area contributed by atoms with Crippen molar-refractivity contribution in [2.45, 2.75) is 49.7 Å². The summed E-state index contributed by atoms with van der Waals surface area (Å²) < 4.78 is 37.1. The number of hydrogen-bond donors (Lipinski definition) is 6. The van der Waals surface area contributed by atoms with Crippen LogP contribution in [0.3, 0.4) is 0 Å². The number of nitrogens with zero attached hydrogens (tertiary/aromatic N) is 5. The van der Waals surface area contributed by atoms with E-state index < -0.39 is 69.2 Å². The van der Waals surface area contributed by atoms with Crippen LogP contribution in [0.5, 0.6) is 0 Å². The second kappa shape index (κ2) is 8.92. The summed E-state index contributed by atoms with van der Waals surface area (Å²) in [5.74, 6) is -0.429. The fourth-order valence-electron chi connectivity index (χ4n) is 4.86. The number of H-pyrrole nitrogens is 1. The Morgan fingerprint density at radius 2 is 1.92 bits per heavy atom. The van der Waals surface area contributed by atoms with E-state index >= 15 is 0 Å². The standard InChI is InChI=1S/C19H23N8O10P/c20-14-6-3-26(19(31)23-14)11-2-8(9(4-28)35-11)37-38(32,33)34-5-10-7(29)1-12(36-10)27-15(6)22-13-16(27)24-18(21)25-17(13)30/h3,7-12,28-29H,1-2,4-5H2,(H,32,33)(H2,20,23,31)(H3,21,24,25,30)/t7-,8-,9+,10+,11+,12+/m0/s1. The van der Waals surface area contributed by atoms with Gasteiger partial charge in [-0.3, -0.25) is 28.0 Å². The zero-order chi connectivity index (χ0) is 26.9. The molecule has 2 saturated heterocycles. The number of ether oxygens (including phenoxy) is 2. The van der Waals surface area contributed by atoms with E-state index in [0.29, 0.717) is 0 Å². The Hall–Kier alpha value is -3.22. The van der Waals surface area contributed by atoms with E-state index in [1.165, 1.54) is 10.8 Å². The minimum atomic E-state index is -4.73. The number of nitrogens with one attached hydrogen (secondary N) is 1. The van der Waals surface area contributed by atoms with Crippen LogP contribution in [-0.4, -0.2) is 81.8 Å². The quantitative estimate of drug-likeness (QED) is 0.177. The molecule has 6 heterocycles. The number of aliphatic hydroxyl groups is 2. The summed E-state index contributed by atoms with van der Waals surface area (Å²) in [6.45, 7) is -1.13. The van der Waals surface area contributed by atoms with Crippen LogP contribution < -0.4 is 22.7 Å². The van der Waals surface area contributed by atoms with Crippen molar-refractivity contribution in [3.8, 4) is 11.4 Å². The van der Waals surface area contributed by atoms with Crippen LogP contribution in [0.4, 0.5) is 11.8 Å². The van der Waals surface area contributed by atoms with E-state index in [1.807, 2.05) is 0 Å². The number of nitrogens with two attached hydrogens (primary N) is 2. The molecule has 0 radical (unpaired) electrons. The Morgan fingerprint density at radius 1 is 1.13 bits per heavy atom. The monoisotopic (exact) mass is 554 g/mol.